The van der Waals surface area contributed by atoms with Gasteiger partial charge in [0.2, 0.25) is 0 Å². The first-order chi connectivity index (χ1) is 13.6. The van der Waals surface area contributed by atoms with Crippen LogP contribution in [0.2, 0.25) is 0 Å². The number of aliphatic hydroxyl groups is 1. The number of rotatable bonds is 5. The third-order valence-electron chi connectivity index (χ3n) is 5.63. The molecule has 0 radical (unpaired) electrons. The van der Waals surface area contributed by atoms with Gasteiger partial charge in [0.25, 0.3) is 0 Å². The number of hydrogen-bond donors (Lipinski definition) is 1. The summed E-state index contributed by atoms with van der Waals surface area (Å²) < 4.78 is 7.22. The first-order valence-electron chi connectivity index (χ1n) is 9.59. The third kappa shape index (κ3) is 2.99. The molecule has 0 saturated heterocycles. The zero-order chi connectivity index (χ0) is 19.3. The largest absolute Gasteiger partial charge is 0.387 e. The van der Waals surface area contributed by atoms with Gasteiger partial charge < -0.3 is 9.84 Å². The molecule has 4 aromatic rings. The van der Waals surface area contributed by atoms with Crippen molar-refractivity contribution in [3.63, 3.8) is 0 Å². The summed E-state index contributed by atoms with van der Waals surface area (Å²) in [5, 5.41) is 17.2. The van der Waals surface area contributed by atoms with Gasteiger partial charge in [0.05, 0.1) is 17.9 Å². The summed E-state index contributed by atoms with van der Waals surface area (Å²) in [5.74, 6) is 0.277. The molecule has 1 fully saturated rings. The summed E-state index contributed by atoms with van der Waals surface area (Å²) in [7, 11) is 1.73. The molecular weight excluding hydrogens is 372 g/mol. The molecule has 0 amide bonds. The Morgan fingerprint density at radius 3 is 2.93 bits per heavy atom. The van der Waals surface area contributed by atoms with E-state index >= 15 is 0 Å². The number of nitrogens with zero attached hydrogens (tertiary/aromatic N) is 4. The van der Waals surface area contributed by atoms with Crippen molar-refractivity contribution in [3.05, 3.63) is 41.5 Å². The third-order valence-corrected chi connectivity index (χ3v) is 6.75. The minimum Gasteiger partial charge on any atom is -0.387 e. The van der Waals surface area contributed by atoms with Crippen LogP contribution < -0.4 is 0 Å². The van der Waals surface area contributed by atoms with Crippen molar-refractivity contribution in [2.75, 3.05) is 7.11 Å². The van der Waals surface area contributed by atoms with Crippen LogP contribution in [-0.2, 0) is 11.3 Å². The van der Waals surface area contributed by atoms with Gasteiger partial charge >= 0.3 is 0 Å². The fraction of sp³-hybridized carbons (Fsp3) is 0.381. The van der Waals surface area contributed by atoms with Crippen molar-refractivity contribution < 1.29 is 9.84 Å². The highest BCUT2D eigenvalue weighted by molar-refractivity contribution is 7.18. The van der Waals surface area contributed by atoms with Gasteiger partial charge in [-0.05, 0) is 49.9 Å². The van der Waals surface area contributed by atoms with E-state index in [-0.39, 0.29) is 5.92 Å². The quantitative estimate of drug-likeness (QED) is 0.550. The van der Waals surface area contributed by atoms with Crippen molar-refractivity contribution in [1.82, 2.24) is 19.7 Å². The van der Waals surface area contributed by atoms with Gasteiger partial charge in [-0.3, -0.25) is 4.68 Å². The second kappa shape index (κ2) is 6.92. The maximum absolute atomic E-state index is 10.7. The Labute approximate surface area is 166 Å². The van der Waals surface area contributed by atoms with Crippen molar-refractivity contribution in [2.24, 2.45) is 5.92 Å². The van der Waals surface area contributed by atoms with E-state index in [4.69, 9.17) is 9.72 Å². The van der Waals surface area contributed by atoms with E-state index in [9.17, 15) is 5.11 Å². The van der Waals surface area contributed by atoms with Crippen LogP contribution in [0.5, 0.6) is 0 Å². The molecule has 144 valence electrons. The Morgan fingerprint density at radius 1 is 1.29 bits per heavy atom. The van der Waals surface area contributed by atoms with Gasteiger partial charge in [-0.2, -0.15) is 5.10 Å². The average Bonchev–Trinajstić information content (AvgIpc) is 3.29. The number of aliphatic hydroxyl groups excluding tert-OH is 1. The van der Waals surface area contributed by atoms with Crippen molar-refractivity contribution in [1.29, 1.82) is 0 Å². The molecule has 6 nitrogen and oxygen atoms in total. The van der Waals surface area contributed by atoms with Gasteiger partial charge in [0.15, 0.2) is 5.65 Å². The topological polar surface area (TPSA) is 73.1 Å². The monoisotopic (exact) mass is 394 g/mol. The maximum atomic E-state index is 10.7. The fourth-order valence-corrected chi connectivity index (χ4v) is 4.91. The summed E-state index contributed by atoms with van der Waals surface area (Å²) in [4.78, 5) is 11.2. The molecule has 28 heavy (non-hydrogen) atoms. The van der Waals surface area contributed by atoms with Gasteiger partial charge in [-0.1, -0.05) is 0 Å². The number of ether oxygens (including phenoxy) is 1. The highest BCUT2D eigenvalue weighted by Gasteiger charge is 2.35. The molecule has 0 bridgehead atoms. The van der Waals surface area contributed by atoms with E-state index in [2.05, 4.69) is 35.2 Å². The molecule has 4 aromatic heterocycles. The summed E-state index contributed by atoms with van der Waals surface area (Å²) in [6.45, 7) is 2.88. The molecule has 1 N–H and O–H groups in total. The van der Waals surface area contributed by atoms with Crippen molar-refractivity contribution >= 4 is 32.6 Å². The Hall–Kier alpha value is -2.35. The number of aryl methyl sites for hydroxylation is 1. The second-order valence-electron chi connectivity index (χ2n) is 7.40. The van der Waals surface area contributed by atoms with E-state index in [0.29, 0.717) is 6.10 Å². The van der Waals surface area contributed by atoms with Gasteiger partial charge in [0, 0.05) is 47.3 Å². The number of aromatic nitrogens is 4. The molecule has 1 aliphatic rings. The highest BCUT2D eigenvalue weighted by Crippen LogP contribution is 2.42. The standard InChI is InChI=1S/C21H22N4O2S/c1-3-25-11-15-6-14(10-22-20(15)24-25)17-5-4-12-9-18(28-21(12)23-17)19(26)13-7-16(8-13)27-2/h4-6,9-11,13,16,19,26H,3,7-8H2,1-2H3/t13-,16-,19-/m0/s1. The van der Waals surface area contributed by atoms with E-state index in [1.807, 2.05) is 23.1 Å². The summed E-state index contributed by atoms with van der Waals surface area (Å²) in [5.41, 5.74) is 2.61. The second-order valence-corrected chi connectivity index (χ2v) is 8.46. The van der Waals surface area contributed by atoms with E-state index in [1.165, 1.54) is 0 Å². The van der Waals surface area contributed by atoms with Crippen molar-refractivity contribution in [2.45, 2.75) is 38.5 Å². The molecule has 5 rings (SSSR count). The number of methoxy groups -OCH3 is 1. The maximum Gasteiger partial charge on any atom is 0.181 e. The van der Waals surface area contributed by atoms with Crippen LogP contribution in [-0.4, -0.2) is 38.1 Å². The first-order valence-corrected chi connectivity index (χ1v) is 10.4. The summed E-state index contributed by atoms with van der Waals surface area (Å²) in [6.07, 6.45) is 5.52. The molecule has 0 aliphatic heterocycles. The van der Waals surface area contributed by atoms with E-state index in [0.717, 1.165) is 56.8 Å². The zero-order valence-corrected chi connectivity index (χ0v) is 16.7. The van der Waals surface area contributed by atoms with Gasteiger partial charge in [-0.25, -0.2) is 9.97 Å². The van der Waals surface area contributed by atoms with Crippen LogP contribution in [0.1, 0.15) is 30.7 Å². The van der Waals surface area contributed by atoms with Gasteiger partial charge in [-0.15, -0.1) is 11.3 Å². The fourth-order valence-electron chi connectivity index (χ4n) is 3.80. The zero-order valence-electron chi connectivity index (χ0n) is 15.9. The number of thiophene rings is 1. The predicted molar refractivity (Wildman–Crippen MR) is 110 cm³/mol. The molecule has 7 heteroatoms. The van der Waals surface area contributed by atoms with E-state index < -0.39 is 6.10 Å². The number of fused-ring (bicyclic) bond motifs is 2. The first kappa shape index (κ1) is 17.7. The van der Waals surface area contributed by atoms with Crippen molar-refractivity contribution in [3.8, 4) is 11.3 Å². The molecule has 1 atom stereocenters. The lowest BCUT2D eigenvalue weighted by Gasteiger charge is -2.36. The molecule has 0 unspecified atom stereocenters. The molecule has 0 aromatic carbocycles. The smallest absolute Gasteiger partial charge is 0.181 e. The molecule has 0 spiro atoms. The SMILES string of the molecule is CCn1cc2cc(-c3ccc4cc([C@@H](O)[C@H]5C[C@H](OC)C5)sc4n3)cnc2n1. The van der Waals surface area contributed by atoms with Crippen LogP contribution in [0.15, 0.2) is 36.7 Å². The lowest BCUT2D eigenvalue weighted by atomic mass is 9.78. The molecule has 1 saturated carbocycles. The highest BCUT2D eigenvalue weighted by atomic mass is 32.1. The van der Waals surface area contributed by atoms with Gasteiger partial charge in [0.1, 0.15) is 4.83 Å². The number of hydrogen-bond acceptors (Lipinski definition) is 6. The van der Waals surface area contributed by atoms with Crippen LogP contribution in [0, 0.1) is 5.92 Å². The molecular formula is C21H22N4O2S. The Balaban J connectivity index is 1.45. The Kier molecular flexibility index (Phi) is 4.38. The van der Waals surface area contributed by atoms with Crippen LogP contribution in [0.4, 0.5) is 0 Å². The minimum absolute atomic E-state index is 0.277. The van der Waals surface area contributed by atoms with Crippen LogP contribution in [0.3, 0.4) is 0 Å². The number of pyridine rings is 2. The van der Waals surface area contributed by atoms with Crippen LogP contribution in [0.25, 0.3) is 32.5 Å². The average molecular weight is 395 g/mol. The molecule has 1 aliphatic carbocycles. The lowest BCUT2D eigenvalue weighted by Crippen LogP contribution is -2.34. The molecule has 4 heterocycles. The Morgan fingerprint density at radius 2 is 2.14 bits per heavy atom. The van der Waals surface area contributed by atoms with E-state index in [1.54, 1.807) is 18.4 Å². The van der Waals surface area contributed by atoms with Crippen LogP contribution >= 0.6 is 11.3 Å². The Bertz CT molecular complexity index is 1150. The predicted octanol–water partition coefficient (Wildman–Crippen LogP) is 4.19. The summed E-state index contributed by atoms with van der Waals surface area (Å²) >= 11 is 1.57. The lowest BCUT2D eigenvalue weighted by molar-refractivity contribution is -0.0501. The normalized spacial score (nSPS) is 20.5. The minimum atomic E-state index is -0.438. The summed E-state index contributed by atoms with van der Waals surface area (Å²) in [6, 6.07) is 8.23.